The van der Waals surface area contributed by atoms with E-state index in [9.17, 15) is 18.0 Å². The minimum Gasteiger partial charge on any atom is -0.497 e. The van der Waals surface area contributed by atoms with Gasteiger partial charge in [0.2, 0.25) is 11.8 Å². The molecule has 2 amide bonds. The van der Waals surface area contributed by atoms with Crippen LogP contribution in [0.25, 0.3) is 0 Å². The highest BCUT2D eigenvalue weighted by Crippen LogP contribution is 2.25. The van der Waals surface area contributed by atoms with E-state index in [1.54, 1.807) is 68.6 Å². The maximum absolute atomic E-state index is 13.8. The second-order valence-electron chi connectivity index (χ2n) is 9.37. The molecular formula is C29H35N3O5S. The summed E-state index contributed by atoms with van der Waals surface area (Å²) < 4.78 is 33.8. The summed E-state index contributed by atoms with van der Waals surface area (Å²) in [6.45, 7) is 6.82. The van der Waals surface area contributed by atoms with Gasteiger partial charge < -0.3 is 15.0 Å². The lowest BCUT2D eigenvalue weighted by Gasteiger charge is -2.32. The third kappa shape index (κ3) is 7.13. The molecule has 0 saturated carbocycles. The van der Waals surface area contributed by atoms with Crippen molar-refractivity contribution in [3.05, 3.63) is 90.0 Å². The van der Waals surface area contributed by atoms with E-state index in [1.165, 1.54) is 17.0 Å². The molecular weight excluding hydrogens is 502 g/mol. The van der Waals surface area contributed by atoms with Gasteiger partial charge in [0.05, 0.1) is 17.7 Å². The number of nitrogens with zero attached hydrogens (tertiary/aromatic N) is 2. The van der Waals surface area contributed by atoms with E-state index in [4.69, 9.17) is 4.74 Å². The Balaban J connectivity index is 1.99. The molecule has 0 aliphatic rings. The first-order valence-electron chi connectivity index (χ1n) is 12.4. The van der Waals surface area contributed by atoms with E-state index in [1.807, 2.05) is 32.9 Å². The summed E-state index contributed by atoms with van der Waals surface area (Å²) in [5.41, 5.74) is 2.04. The SMILES string of the molecule is COc1ccc(CN(C(=O)CN(c2ccccc2)S(=O)(=O)c2ccc(C)cc2)C(C)C(=O)NC(C)C)cc1. The van der Waals surface area contributed by atoms with Gasteiger partial charge in [0.25, 0.3) is 10.0 Å². The molecule has 0 bridgehead atoms. The second-order valence-corrected chi connectivity index (χ2v) is 11.2. The molecule has 3 aromatic rings. The van der Waals surface area contributed by atoms with E-state index in [-0.39, 0.29) is 23.4 Å². The summed E-state index contributed by atoms with van der Waals surface area (Å²) in [4.78, 5) is 28.3. The third-order valence-electron chi connectivity index (χ3n) is 6.04. The highest BCUT2D eigenvalue weighted by Gasteiger charge is 2.32. The molecule has 0 heterocycles. The number of benzene rings is 3. The quantitative estimate of drug-likeness (QED) is 0.397. The fraction of sp³-hybridized carbons (Fsp3) is 0.310. The van der Waals surface area contributed by atoms with Crippen molar-refractivity contribution in [3.63, 3.8) is 0 Å². The summed E-state index contributed by atoms with van der Waals surface area (Å²) in [6, 6.07) is 21.2. The molecule has 0 fully saturated rings. The zero-order valence-corrected chi connectivity index (χ0v) is 23.2. The van der Waals surface area contributed by atoms with Gasteiger partial charge in [-0.15, -0.1) is 0 Å². The number of hydrogen-bond acceptors (Lipinski definition) is 5. The van der Waals surface area contributed by atoms with Gasteiger partial charge in [-0.25, -0.2) is 8.42 Å². The lowest BCUT2D eigenvalue weighted by Crippen LogP contribution is -2.52. The maximum Gasteiger partial charge on any atom is 0.264 e. The van der Waals surface area contributed by atoms with Crippen LogP contribution in [0, 0.1) is 6.92 Å². The van der Waals surface area contributed by atoms with Gasteiger partial charge >= 0.3 is 0 Å². The normalized spacial score (nSPS) is 12.1. The van der Waals surface area contributed by atoms with Crippen LogP contribution in [0.15, 0.2) is 83.8 Å². The van der Waals surface area contributed by atoms with Crippen LogP contribution < -0.4 is 14.4 Å². The Morgan fingerprint density at radius 2 is 1.50 bits per heavy atom. The summed E-state index contributed by atoms with van der Waals surface area (Å²) in [5.74, 6) is -0.169. The van der Waals surface area contributed by atoms with Gasteiger partial charge in [-0.1, -0.05) is 48.0 Å². The fourth-order valence-electron chi connectivity index (χ4n) is 3.88. The van der Waals surface area contributed by atoms with Gasteiger partial charge in [0.1, 0.15) is 18.3 Å². The Labute approximate surface area is 225 Å². The first-order chi connectivity index (χ1) is 18.0. The molecule has 0 aliphatic carbocycles. The summed E-state index contributed by atoms with van der Waals surface area (Å²) >= 11 is 0. The highest BCUT2D eigenvalue weighted by atomic mass is 32.2. The number of para-hydroxylation sites is 1. The molecule has 9 heteroatoms. The number of amides is 2. The van der Waals surface area contributed by atoms with E-state index >= 15 is 0 Å². The van der Waals surface area contributed by atoms with E-state index in [0.29, 0.717) is 11.4 Å². The highest BCUT2D eigenvalue weighted by molar-refractivity contribution is 7.92. The number of anilines is 1. The molecule has 38 heavy (non-hydrogen) atoms. The predicted molar refractivity (Wildman–Crippen MR) is 148 cm³/mol. The molecule has 1 N–H and O–H groups in total. The topological polar surface area (TPSA) is 96.0 Å². The number of aryl methyl sites for hydroxylation is 1. The molecule has 8 nitrogen and oxygen atoms in total. The Morgan fingerprint density at radius 3 is 2.05 bits per heavy atom. The second kappa shape index (κ2) is 12.6. The predicted octanol–water partition coefficient (Wildman–Crippen LogP) is 4.14. The Kier molecular flexibility index (Phi) is 9.52. The van der Waals surface area contributed by atoms with Gasteiger partial charge in [-0.3, -0.25) is 13.9 Å². The lowest BCUT2D eigenvalue weighted by molar-refractivity contribution is -0.139. The van der Waals surface area contributed by atoms with Crippen LogP contribution in [0.2, 0.25) is 0 Å². The van der Waals surface area contributed by atoms with Gasteiger partial charge in [0, 0.05) is 12.6 Å². The monoisotopic (exact) mass is 537 g/mol. The zero-order chi connectivity index (χ0) is 27.9. The number of nitrogens with one attached hydrogen (secondary N) is 1. The summed E-state index contributed by atoms with van der Waals surface area (Å²) in [6.07, 6.45) is 0. The lowest BCUT2D eigenvalue weighted by atomic mass is 10.1. The van der Waals surface area contributed by atoms with Crippen LogP contribution in [0.3, 0.4) is 0 Å². The van der Waals surface area contributed by atoms with Crippen LogP contribution >= 0.6 is 0 Å². The number of sulfonamides is 1. The molecule has 0 radical (unpaired) electrons. The number of carbonyl (C=O) groups is 2. The van der Waals surface area contributed by atoms with Gasteiger partial charge in [-0.2, -0.15) is 0 Å². The molecule has 3 aromatic carbocycles. The molecule has 1 atom stereocenters. The molecule has 3 rings (SSSR count). The fourth-order valence-corrected chi connectivity index (χ4v) is 5.29. The van der Waals surface area contributed by atoms with Crippen LogP contribution in [0.5, 0.6) is 5.75 Å². The van der Waals surface area contributed by atoms with Crippen LogP contribution in [0.4, 0.5) is 5.69 Å². The minimum atomic E-state index is -4.08. The van der Waals surface area contributed by atoms with Crippen molar-refractivity contribution >= 4 is 27.5 Å². The Bertz CT molecular complexity index is 1320. The number of carbonyl (C=O) groups excluding carboxylic acids is 2. The number of ether oxygens (including phenoxy) is 1. The largest absolute Gasteiger partial charge is 0.497 e. The van der Waals surface area contributed by atoms with E-state index in [0.717, 1.165) is 15.4 Å². The molecule has 202 valence electrons. The molecule has 0 saturated heterocycles. The molecule has 0 aromatic heterocycles. The van der Waals surface area contributed by atoms with Crippen molar-refractivity contribution in [2.24, 2.45) is 0 Å². The van der Waals surface area contributed by atoms with Crippen LogP contribution in [0.1, 0.15) is 31.9 Å². The van der Waals surface area contributed by atoms with Crippen molar-refractivity contribution in [3.8, 4) is 5.75 Å². The molecule has 0 aliphatic heterocycles. The molecule has 0 spiro atoms. The maximum atomic E-state index is 13.8. The van der Waals surface area contributed by atoms with Crippen molar-refractivity contribution in [1.29, 1.82) is 0 Å². The van der Waals surface area contributed by atoms with Gasteiger partial charge in [-0.05, 0) is 69.7 Å². The first kappa shape index (κ1) is 28.7. The summed E-state index contributed by atoms with van der Waals surface area (Å²) in [7, 11) is -2.51. The average molecular weight is 538 g/mol. The molecule has 1 unspecified atom stereocenters. The van der Waals surface area contributed by atoms with Crippen molar-refractivity contribution in [1.82, 2.24) is 10.2 Å². The number of hydrogen-bond donors (Lipinski definition) is 1. The first-order valence-corrected chi connectivity index (χ1v) is 13.8. The van der Waals surface area contributed by atoms with Crippen LogP contribution in [-0.4, -0.2) is 50.9 Å². The van der Waals surface area contributed by atoms with Crippen molar-refractivity contribution < 1.29 is 22.7 Å². The Hall–Kier alpha value is -3.85. The number of rotatable bonds is 11. The smallest absolute Gasteiger partial charge is 0.264 e. The van der Waals surface area contributed by atoms with E-state index < -0.39 is 28.5 Å². The summed E-state index contributed by atoms with van der Waals surface area (Å²) in [5, 5.41) is 2.84. The van der Waals surface area contributed by atoms with Crippen molar-refractivity contribution in [2.75, 3.05) is 18.0 Å². The minimum absolute atomic E-state index is 0.0760. The van der Waals surface area contributed by atoms with E-state index in [2.05, 4.69) is 5.32 Å². The Morgan fingerprint density at radius 1 is 0.895 bits per heavy atom. The zero-order valence-electron chi connectivity index (χ0n) is 22.4. The average Bonchev–Trinajstić information content (AvgIpc) is 2.90. The third-order valence-corrected chi connectivity index (χ3v) is 7.83. The standard InChI is InChI=1S/C29H35N3O5S/c1-21(2)30-29(34)23(4)31(19-24-13-15-26(37-5)16-14-24)28(33)20-32(25-9-7-6-8-10-25)38(35,36)27-17-11-22(3)12-18-27/h6-18,21,23H,19-20H2,1-5H3,(H,30,34). The van der Waals surface area contributed by atoms with Crippen molar-refractivity contribution in [2.45, 2.75) is 51.2 Å². The van der Waals surface area contributed by atoms with Crippen LogP contribution in [-0.2, 0) is 26.2 Å². The van der Waals surface area contributed by atoms with Gasteiger partial charge in [0.15, 0.2) is 0 Å². The number of methoxy groups -OCH3 is 1.